The van der Waals surface area contributed by atoms with E-state index < -0.39 is 0 Å². The zero-order valence-electron chi connectivity index (χ0n) is 9.64. The summed E-state index contributed by atoms with van der Waals surface area (Å²) in [7, 11) is 0. The van der Waals surface area contributed by atoms with E-state index in [1.165, 1.54) is 0 Å². The van der Waals surface area contributed by atoms with Crippen LogP contribution in [0.15, 0.2) is 47.3 Å². The minimum Gasteiger partial charge on any atom is -0.353 e. The molecule has 2 N–H and O–H groups in total. The van der Waals surface area contributed by atoms with Crippen LogP contribution >= 0.6 is 15.9 Å². The number of nitrogens with zero attached hydrogens (tertiary/aromatic N) is 2. The Hall–Kier alpha value is -1.82. The van der Waals surface area contributed by atoms with Crippen LogP contribution in [0.5, 0.6) is 0 Å². The number of aromatic nitrogens is 2. The molecule has 0 saturated heterocycles. The molecule has 2 aromatic heterocycles. The van der Waals surface area contributed by atoms with Gasteiger partial charge >= 0.3 is 6.03 Å². The van der Waals surface area contributed by atoms with Gasteiger partial charge in [-0.1, -0.05) is 0 Å². The quantitative estimate of drug-likeness (QED) is 0.911. The Labute approximate surface area is 113 Å². The van der Waals surface area contributed by atoms with Crippen LogP contribution in [0, 0.1) is 0 Å². The molecule has 0 unspecified atom stereocenters. The molecule has 94 valence electrons. The van der Waals surface area contributed by atoms with Gasteiger partial charge in [-0.2, -0.15) is 0 Å². The number of carbonyl (C=O) groups is 1. The first-order chi connectivity index (χ1) is 8.74. The van der Waals surface area contributed by atoms with Gasteiger partial charge in [-0.25, -0.2) is 9.78 Å². The number of anilines is 1. The highest BCUT2D eigenvalue weighted by molar-refractivity contribution is 9.10. The van der Waals surface area contributed by atoms with Crippen molar-refractivity contribution < 1.29 is 4.79 Å². The van der Waals surface area contributed by atoms with Gasteiger partial charge < -0.3 is 9.88 Å². The molecule has 0 fully saturated rings. The fourth-order valence-corrected chi connectivity index (χ4v) is 1.66. The summed E-state index contributed by atoms with van der Waals surface area (Å²) >= 11 is 3.28. The Morgan fingerprint density at radius 2 is 2.11 bits per heavy atom. The summed E-state index contributed by atoms with van der Waals surface area (Å²) in [6.45, 7) is 1.31. The Balaban J connectivity index is 1.73. The fourth-order valence-electron chi connectivity index (χ4n) is 1.43. The van der Waals surface area contributed by atoms with Crippen molar-refractivity contribution in [3.05, 3.63) is 47.3 Å². The summed E-state index contributed by atoms with van der Waals surface area (Å²) in [5.41, 5.74) is 0. The number of carbonyl (C=O) groups excluding carboxylic acids is 1. The number of nitrogens with one attached hydrogen (secondary N) is 2. The van der Waals surface area contributed by atoms with Gasteiger partial charge in [0.2, 0.25) is 0 Å². The maximum absolute atomic E-state index is 11.5. The Kier molecular flexibility index (Phi) is 4.35. The predicted octanol–water partition coefficient (Wildman–Crippen LogP) is 2.47. The average Bonchev–Trinajstić information content (AvgIpc) is 2.85. The van der Waals surface area contributed by atoms with Gasteiger partial charge in [-0.3, -0.25) is 5.32 Å². The maximum atomic E-state index is 11.5. The molecule has 18 heavy (non-hydrogen) atoms. The van der Waals surface area contributed by atoms with E-state index >= 15 is 0 Å². The van der Waals surface area contributed by atoms with Crippen LogP contribution in [0.4, 0.5) is 10.6 Å². The van der Waals surface area contributed by atoms with E-state index in [9.17, 15) is 4.79 Å². The molecule has 2 heterocycles. The number of rotatable bonds is 4. The SMILES string of the molecule is O=C(NCCn1cccc1)Nc1ccc(Br)cn1. The molecule has 0 radical (unpaired) electrons. The topological polar surface area (TPSA) is 59.0 Å². The predicted molar refractivity (Wildman–Crippen MR) is 73.4 cm³/mol. The van der Waals surface area contributed by atoms with Crippen molar-refractivity contribution in [2.75, 3.05) is 11.9 Å². The summed E-state index contributed by atoms with van der Waals surface area (Å²) in [5.74, 6) is 0.525. The molecule has 0 bridgehead atoms. The highest BCUT2D eigenvalue weighted by atomic mass is 79.9. The third kappa shape index (κ3) is 3.89. The molecule has 0 aromatic carbocycles. The highest BCUT2D eigenvalue weighted by Crippen LogP contribution is 2.09. The normalized spacial score (nSPS) is 10.1. The van der Waals surface area contributed by atoms with E-state index in [1.807, 2.05) is 35.2 Å². The summed E-state index contributed by atoms with van der Waals surface area (Å²) in [4.78, 5) is 15.6. The van der Waals surface area contributed by atoms with Gasteiger partial charge in [0.05, 0.1) is 0 Å². The van der Waals surface area contributed by atoms with Crippen molar-refractivity contribution in [3.63, 3.8) is 0 Å². The third-order valence-corrected chi connectivity index (χ3v) is 2.76. The molecule has 0 spiro atoms. The smallest absolute Gasteiger partial charge is 0.320 e. The minimum absolute atomic E-state index is 0.253. The van der Waals surface area contributed by atoms with E-state index in [1.54, 1.807) is 12.3 Å². The molecule has 0 aliphatic carbocycles. The zero-order valence-corrected chi connectivity index (χ0v) is 11.2. The molecule has 2 amide bonds. The fraction of sp³-hybridized carbons (Fsp3) is 0.167. The van der Waals surface area contributed by atoms with Crippen LogP contribution in [-0.2, 0) is 6.54 Å². The monoisotopic (exact) mass is 308 g/mol. The Morgan fingerprint density at radius 3 is 2.78 bits per heavy atom. The molecule has 6 heteroatoms. The highest BCUT2D eigenvalue weighted by Gasteiger charge is 2.01. The number of pyridine rings is 1. The lowest BCUT2D eigenvalue weighted by molar-refractivity contribution is 0.251. The van der Waals surface area contributed by atoms with E-state index in [2.05, 4.69) is 31.5 Å². The van der Waals surface area contributed by atoms with Gasteiger partial charge in [0.15, 0.2) is 0 Å². The molecule has 0 saturated carbocycles. The summed E-state index contributed by atoms with van der Waals surface area (Å²) < 4.78 is 2.87. The average molecular weight is 309 g/mol. The van der Waals surface area contributed by atoms with Crippen LogP contribution in [0.2, 0.25) is 0 Å². The van der Waals surface area contributed by atoms with Crippen molar-refractivity contribution in [1.82, 2.24) is 14.9 Å². The third-order valence-electron chi connectivity index (χ3n) is 2.29. The zero-order chi connectivity index (χ0) is 12.8. The van der Waals surface area contributed by atoms with Crippen LogP contribution in [0.3, 0.4) is 0 Å². The second kappa shape index (κ2) is 6.20. The van der Waals surface area contributed by atoms with Crippen LogP contribution < -0.4 is 10.6 Å². The van der Waals surface area contributed by atoms with Crippen LogP contribution in [-0.4, -0.2) is 22.1 Å². The molecular formula is C12H13BrN4O. The maximum Gasteiger partial charge on any atom is 0.320 e. The summed E-state index contributed by atoms with van der Waals surface area (Å²) in [5, 5.41) is 5.42. The van der Waals surface area contributed by atoms with Gasteiger partial charge in [0.1, 0.15) is 5.82 Å². The van der Waals surface area contributed by atoms with Crippen LogP contribution in [0.25, 0.3) is 0 Å². The van der Waals surface area contributed by atoms with Gasteiger partial charge in [-0.15, -0.1) is 0 Å². The summed E-state index contributed by atoms with van der Waals surface area (Å²) in [6.07, 6.45) is 5.54. The lowest BCUT2D eigenvalue weighted by Crippen LogP contribution is -2.31. The molecule has 0 atom stereocenters. The van der Waals surface area contributed by atoms with E-state index in [-0.39, 0.29) is 6.03 Å². The number of amides is 2. The first-order valence-electron chi connectivity index (χ1n) is 5.51. The van der Waals surface area contributed by atoms with Crippen molar-refractivity contribution >= 4 is 27.8 Å². The van der Waals surface area contributed by atoms with Crippen molar-refractivity contribution in [1.29, 1.82) is 0 Å². The van der Waals surface area contributed by atoms with Gasteiger partial charge in [-0.05, 0) is 40.2 Å². The van der Waals surface area contributed by atoms with E-state index in [0.717, 1.165) is 11.0 Å². The van der Waals surface area contributed by atoms with Crippen molar-refractivity contribution in [3.8, 4) is 0 Å². The Bertz CT molecular complexity index is 495. The first kappa shape index (κ1) is 12.6. The largest absolute Gasteiger partial charge is 0.353 e. The minimum atomic E-state index is -0.253. The van der Waals surface area contributed by atoms with E-state index in [0.29, 0.717) is 12.4 Å². The lowest BCUT2D eigenvalue weighted by Gasteiger charge is -2.07. The van der Waals surface area contributed by atoms with Crippen molar-refractivity contribution in [2.24, 2.45) is 0 Å². The lowest BCUT2D eigenvalue weighted by atomic mass is 10.5. The Morgan fingerprint density at radius 1 is 1.33 bits per heavy atom. The molecule has 0 aliphatic rings. The molecule has 2 aromatic rings. The number of urea groups is 1. The van der Waals surface area contributed by atoms with Gasteiger partial charge in [0, 0.05) is 36.2 Å². The number of halogens is 1. The second-order valence-corrected chi connectivity index (χ2v) is 4.58. The second-order valence-electron chi connectivity index (χ2n) is 3.66. The standard InChI is InChI=1S/C12H13BrN4O/c13-10-3-4-11(15-9-10)16-12(18)14-5-8-17-6-1-2-7-17/h1-4,6-7,9H,5,8H2,(H2,14,15,16,18). The number of hydrogen-bond donors (Lipinski definition) is 2. The number of hydrogen-bond acceptors (Lipinski definition) is 2. The first-order valence-corrected chi connectivity index (χ1v) is 6.30. The molecule has 5 nitrogen and oxygen atoms in total. The van der Waals surface area contributed by atoms with E-state index in [4.69, 9.17) is 0 Å². The summed E-state index contributed by atoms with van der Waals surface area (Å²) in [6, 6.07) is 7.20. The van der Waals surface area contributed by atoms with Crippen LogP contribution in [0.1, 0.15) is 0 Å². The van der Waals surface area contributed by atoms with Gasteiger partial charge in [0.25, 0.3) is 0 Å². The molecule has 2 rings (SSSR count). The van der Waals surface area contributed by atoms with Crippen molar-refractivity contribution in [2.45, 2.75) is 6.54 Å². The molecular weight excluding hydrogens is 296 g/mol. The molecule has 0 aliphatic heterocycles.